The van der Waals surface area contributed by atoms with Gasteiger partial charge >= 0.3 is 0 Å². The number of aryl methyl sites for hydroxylation is 2. The van der Waals surface area contributed by atoms with Gasteiger partial charge in [-0.05, 0) is 31.5 Å². The summed E-state index contributed by atoms with van der Waals surface area (Å²) in [5.74, 6) is 1.08. The van der Waals surface area contributed by atoms with Crippen LogP contribution in [-0.2, 0) is 6.54 Å². The summed E-state index contributed by atoms with van der Waals surface area (Å²) in [7, 11) is 0. The van der Waals surface area contributed by atoms with Crippen LogP contribution in [-0.4, -0.2) is 40.6 Å². The zero-order valence-corrected chi connectivity index (χ0v) is 13.3. The Bertz CT molecular complexity index is 691. The van der Waals surface area contributed by atoms with Crippen molar-refractivity contribution in [3.05, 3.63) is 29.6 Å². The first-order valence-corrected chi connectivity index (χ1v) is 7.99. The molecule has 1 atom stereocenters. The van der Waals surface area contributed by atoms with Crippen molar-refractivity contribution in [2.24, 2.45) is 0 Å². The first kappa shape index (κ1) is 15.0. The normalized spacial score (nSPS) is 17.5. The second-order valence-electron chi connectivity index (χ2n) is 5.98. The Hall–Kier alpha value is -1.90. The quantitative estimate of drug-likeness (QED) is 0.940. The summed E-state index contributed by atoms with van der Waals surface area (Å²) in [6.07, 6.45) is 0.514. The predicted octanol–water partition coefficient (Wildman–Crippen LogP) is 2.22. The van der Waals surface area contributed by atoms with Crippen molar-refractivity contribution in [3.63, 3.8) is 0 Å². The minimum atomic E-state index is 0.272. The molecule has 0 amide bonds. The maximum absolute atomic E-state index is 8.96. The summed E-state index contributed by atoms with van der Waals surface area (Å²) >= 11 is 0. The van der Waals surface area contributed by atoms with Crippen LogP contribution in [0.3, 0.4) is 0 Å². The Kier molecular flexibility index (Phi) is 4.41. The average Bonchev–Trinajstić information content (AvgIpc) is 2.90. The van der Waals surface area contributed by atoms with Crippen LogP contribution in [0.4, 0.5) is 0 Å². The van der Waals surface area contributed by atoms with Crippen molar-refractivity contribution in [1.29, 1.82) is 5.26 Å². The number of fused-ring (bicyclic) bond motifs is 1. The molecule has 2 heterocycles. The molecule has 1 unspecified atom stereocenters. The van der Waals surface area contributed by atoms with Gasteiger partial charge in [-0.3, -0.25) is 4.90 Å². The fourth-order valence-corrected chi connectivity index (χ4v) is 3.21. The van der Waals surface area contributed by atoms with E-state index in [-0.39, 0.29) is 6.04 Å². The number of nitrogens with zero attached hydrogens (tertiary/aromatic N) is 4. The van der Waals surface area contributed by atoms with Gasteiger partial charge in [-0.2, -0.15) is 5.26 Å². The van der Waals surface area contributed by atoms with Gasteiger partial charge < -0.3 is 9.88 Å². The summed E-state index contributed by atoms with van der Waals surface area (Å²) in [6, 6.07) is 8.90. The Morgan fingerprint density at radius 2 is 2.14 bits per heavy atom. The first-order valence-electron chi connectivity index (χ1n) is 7.99. The van der Waals surface area contributed by atoms with Gasteiger partial charge in [0.1, 0.15) is 5.82 Å². The van der Waals surface area contributed by atoms with Gasteiger partial charge in [-0.1, -0.05) is 6.07 Å². The van der Waals surface area contributed by atoms with Crippen molar-refractivity contribution in [2.75, 3.05) is 26.2 Å². The lowest BCUT2D eigenvalue weighted by Crippen LogP contribution is -2.45. The van der Waals surface area contributed by atoms with E-state index < -0.39 is 0 Å². The minimum absolute atomic E-state index is 0.272. The number of nitrogens with one attached hydrogen (secondary N) is 1. The van der Waals surface area contributed by atoms with Gasteiger partial charge in [-0.15, -0.1) is 0 Å². The van der Waals surface area contributed by atoms with E-state index in [0.717, 1.165) is 43.0 Å². The van der Waals surface area contributed by atoms with E-state index in [9.17, 15) is 0 Å². The molecular formula is C17H23N5. The third-order valence-electron chi connectivity index (χ3n) is 4.45. The number of aromatic nitrogens is 2. The first-order chi connectivity index (χ1) is 10.7. The smallest absolute Gasteiger partial charge is 0.127 e. The van der Waals surface area contributed by atoms with E-state index in [1.54, 1.807) is 0 Å². The second kappa shape index (κ2) is 6.47. The maximum Gasteiger partial charge on any atom is 0.127 e. The largest absolute Gasteiger partial charge is 0.326 e. The SMILES string of the molecule is Cc1ccc2c(c1)nc(C(C)N1CCNCC1)n2CCC#N. The van der Waals surface area contributed by atoms with Crippen molar-refractivity contribution in [1.82, 2.24) is 19.8 Å². The van der Waals surface area contributed by atoms with Crippen LogP contribution in [0.5, 0.6) is 0 Å². The molecule has 1 fully saturated rings. The lowest BCUT2D eigenvalue weighted by atomic mass is 10.2. The summed E-state index contributed by atoms with van der Waals surface area (Å²) in [4.78, 5) is 7.36. The van der Waals surface area contributed by atoms with E-state index in [1.165, 1.54) is 5.56 Å². The molecule has 1 N–H and O–H groups in total. The number of nitriles is 1. The van der Waals surface area contributed by atoms with Gasteiger partial charge in [0.15, 0.2) is 0 Å². The molecule has 0 bridgehead atoms. The Morgan fingerprint density at radius 1 is 1.36 bits per heavy atom. The van der Waals surface area contributed by atoms with Crippen molar-refractivity contribution in [3.8, 4) is 6.07 Å². The van der Waals surface area contributed by atoms with Crippen molar-refractivity contribution >= 4 is 11.0 Å². The fourth-order valence-electron chi connectivity index (χ4n) is 3.21. The molecule has 116 valence electrons. The molecule has 0 radical (unpaired) electrons. The van der Waals surface area contributed by atoms with Crippen LogP contribution in [0.1, 0.15) is 30.8 Å². The van der Waals surface area contributed by atoms with E-state index >= 15 is 0 Å². The van der Waals surface area contributed by atoms with Crippen LogP contribution in [0, 0.1) is 18.3 Å². The summed E-state index contributed by atoms with van der Waals surface area (Å²) in [5.41, 5.74) is 3.39. The van der Waals surface area contributed by atoms with Crippen LogP contribution in [0.25, 0.3) is 11.0 Å². The molecule has 0 aliphatic carbocycles. The zero-order chi connectivity index (χ0) is 15.5. The number of hydrogen-bond acceptors (Lipinski definition) is 4. The van der Waals surface area contributed by atoms with Crippen molar-refractivity contribution < 1.29 is 0 Å². The van der Waals surface area contributed by atoms with Crippen LogP contribution in [0.2, 0.25) is 0 Å². The van der Waals surface area contributed by atoms with Gasteiger partial charge in [-0.25, -0.2) is 4.98 Å². The molecule has 1 aromatic heterocycles. The number of benzene rings is 1. The Labute approximate surface area is 131 Å². The number of imidazole rings is 1. The van der Waals surface area contributed by atoms with Gasteiger partial charge in [0.2, 0.25) is 0 Å². The standard InChI is InChI=1S/C17H23N5/c1-13-4-5-16-15(12-13)20-17(22(16)9-3-6-18)14(2)21-10-7-19-8-11-21/h4-5,12,14,19H,3,7-11H2,1-2H3. The van der Waals surface area contributed by atoms with E-state index in [2.05, 4.69) is 52.9 Å². The van der Waals surface area contributed by atoms with E-state index in [0.29, 0.717) is 13.0 Å². The van der Waals surface area contributed by atoms with Crippen LogP contribution < -0.4 is 5.32 Å². The Morgan fingerprint density at radius 3 is 2.86 bits per heavy atom. The third kappa shape index (κ3) is 2.85. The van der Waals surface area contributed by atoms with Crippen LogP contribution >= 0.6 is 0 Å². The summed E-state index contributed by atoms with van der Waals surface area (Å²) in [6.45, 7) is 9.17. The molecular weight excluding hydrogens is 274 g/mol. The summed E-state index contributed by atoms with van der Waals surface area (Å²) in [5, 5.41) is 12.3. The molecule has 5 heteroatoms. The molecule has 1 aliphatic rings. The van der Waals surface area contributed by atoms with Gasteiger partial charge in [0.05, 0.1) is 29.6 Å². The highest BCUT2D eigenvalue weighted by atomic mass is 15.2. The minimum Gasteiger partial charge on any atom is -0.326 e. The van der Waals surface area contributed by atoms with Gasteiger partial charge in [0.25, 0.3) is 0 Å². The van der Waals surface area contributed by atoms with E-state index in [4.69, 9.17) is 10.2 Å². The molecule has 0 spiro atoms. The lowest BCUT2D eigenvalue weighted by molar-refractivity contribution is 0.176. The fraction of sp³-hybridized carbons (Fsp3) is 0.529. The zero-order valence-electron chi connectivity index (χ0n) is 13.3. The van der Waals surface area contributed by atoms with Crippen molar-refractivity contribution in [2.45, 2.75) is 32.9 Å². The Balaban J connectivity index is 2.00. The molecule has 1 aliphatic heterocycles. The molecule has 2 aromatic rings. The topological polar surface area (TPSA) is 56.9 Å². The van der Waals surface area contributed by atoms with E-state index in [1.807, 2.05) is 0 Å². The number of rotatable bonds is 4. The number of piperazine rings is 1. The highest BCUT2D eigenvalue weighted by Gasteiger charge is 2.23. The second-order valence-corrected chi connectivity index (χ2v) is 5.98. The highest BCUT2D eigenvalue weighted by Crippen LogP contribution is 2.26. The van der Waals surface area contributed by atoms with Gasteiger partial charge in [0, 0.05) is 32.7 Å². The molecule has 22 heavy (non-hydrogen) atoms. The monoisotopic (exact) mass is 297 g/mol. The number of hydrogen-bond donors (Lipinski definition) is 1. The maximum atomic E-state index is 8.96. The third-order valence-corrected chi connectivity index (χ3v) is 4.45. The van der Waals surface area contributed by atoms with Crippen LogP contribution in [0.15, 0.2) is 18.2 Å². The molecule has 5 nitrogen and oxygen atoms in total. The highest BCUT2D eigenvalue weighted by molar-refractivity contribution is 5.77. The molecule has 1 aromatic carbocycles. The molecule has 0 saturated carbocycles. The lowest BCUT2D eigenvalue weighted by Gasteiger charge is -2.32. The average molecular weight is 297 g/mol. The molecule has 1 saturated heterocycles. The predicted molar refractivity (Wildman–Crippen MR) is 87.6 cm³/mol. The summed E-state index contributed by atoms with van der Waals surface area (Å²) < 4.78 is 2.23. The molecule has 3 rings (SSSR count).